The minimum absolute atomic E-state index is 0.620. The molecule has 0 radical (unpaired) electrons. The van der Waals surface area contributed by atoms with E-state index in [0.29, 0.717) is 6.04 Å². The van der Waals surface area contributed by atoms with Crippen LogP contribution < -0.4 is 10.2 Å². The molecule has 2 aliphatic heterocycles. The Morgan fingerprint density at radius 3 is 2.74 bits per heavy atom. The number of fused-ring (bicyclic) bond motifs is 1. The summed E-state index contributed by atoms with van der Waals surface area (Å²) >= 11 is 0. The van der Waals surface area contributed by atoms with Crippen LogP contribution in [0.2, 0.25) is 0 Å². The van der Waals surface area contributed by atoms with Crippen molar-refractivity contribution in [1.82, 2.24) is 0 Å². The molecule has 0 spiro atoms. The number of nitrogens with one attached hydrogen (secondary N) is 1. The van der Waals surface area contributed by atoms with E-state index >= 15 is 0 Å². The van der Waals surface area contributed by atoms with Crippen LogP contribution in [0, 0.1) is 11.8 Å². The van der Waals surface area contributed by atoms with Gasteiger partial charge in [0, 0.05) is 30.5 Å². The van der Waals surface area contributed by atoms with Crippen LogP contribution in [-0.4, -0.2) is 19.1 Å². The van der Waals surface area contributed by atoms with Crippen molar-refractivity contribution in [2.24, 2.45) is 11.8 Å². The Labute approximate surface area is 117 Å². The summed E-state index contributed by atoms with van der Waals surface area (Å²) in [5, 5.41) is 3.59. The highest BCUT2D eigenvalue weighted by Crippen LogP contribution is 2.32. The maximum Gasteiger partial charge on any atom is 0.0376 e. The first kappa shape index (κ1) is 12.8. The predicted octanol–water partition coefficient (Wildman–Crippen LogP) is 3.92. The quantitative estimate of drug-likeness (QED) is 0.821. The fourth-order valence-corrected chi connectivity index (χ4v) is 3.33. The number of aryl methyl sites for hydroxylation is 1. The molecule has 2 heteroatoms. The number of benzene rings is 1. The summed E-state index contributed by atoms with van der Waals surface area (Å²) in [6.45, 7) is 9.47. The lowest BCUT2D eigenvalue weighted by molar-refractivity contribution is 0.324. The van der Waals surface area contributed by atoms with Gasteiger partial charge in [-0.2, -0.15) is 0 Å². The van der Waals surface area contributed by atoms with Gasteiger partial charge in [0.25, 0.3) is 0 Å². The molecule has 0 aliphatic carbocycles. The van der Waals surface area contributed by atoms with E-state index in [4.69, 9.17) is 0 Å². The van der Waals surface area contributed by atoms with Gasteiger partial charge >= 0.3 is 0 Å². The first-order valence-electron chi connectivity index (χ1n) is 7.78. The summed E-state index contributed by atoms with van der Waals surface area (Å²) in [5.41, 5.74) is 4.27. The molecule has 19 heavy (non-hydrogen) atoms. The van der Waals surface area contributed by atoms with Gasteiger partial charge in [0.1, 0.15) is 0 Å². The van der Waals surface area contributed by atoms with Crippen LogP contribution in [0.25, 0.3) is 0 Å². The SMILES string of the molecule is CC1CCc2cc(N3CCC(C)C(C)C3)ccc2N1. The minimum atomic E-state index is 0.620. The number of anilines is 2. The van der Waals surface area contributed by atoms with Gasteiger partial charge in [-0.05, 0) is 61.8 Å². The fraction of sp³-hybridized carbons (Fsp3) is 0.647. The molecule has 1 N–H and O–H groups in total. The van der Waals surface area contributed by atoms with Crippen molar-refractivity contribution in [2.45, 2.75) is 46.1 Å². The normalized spacial score (nSPS) is 30.7. The third-order valence-electron chi connectivity index (χ3n) is 5.04. The van der Waals surface area contributed by atoms with Gasteiger partial charge in [-0.15, -0.1) is 0 Å². The number of rotatable bonds is 1. The van der Waals surface area contributed by atoms with Crippen LogP contribution in [0.4, 0.5) is 11.4 Å². The Hall–Kier alpha value is -1.18. The third kappa shape index (κ3) is 2.58. The molecular weight excluding hydrogens is 232 g/mol. The summed E-state index contributed by atoms with van der Waals surface area (Å²) in [6, 6.07) is 7.61. The zero-order chi connectivity index (χ0) is 13.4. The molecule has 3 atom stereocenters. The second kappa shape index (κ2) is 5.07. The van der Waals surface area contributed by atoms with Gasteiger partial charge in [0.15, 0.2) is 0 Å². The van der Waals surface area contributed by atoms with Gasteiger partial charge in [-0.1, -0.05) is 13.8 Å². The van der Waals surface area contributed by atoms with Crippen molar-refractivity contribution in [3.8, 4) is 0 Å². The Bertz CT molecular complexity index is 455. The molecule has 0 saturated carbocycles. The molecule has 2 nitrogen and oxygen atoms in total. The smallest absolute Gasteiger partial charge is 0.0376 e. The van der Waals surface area contributed by atoms with E-state index in [1.54, 1.807) is 0 Å². The molecule has 0 amide bonds. The Kier molecular flexibility index (Phi) is 3.42. The Balaban J connectivity index is 1.79. The van der Waals surface area contributed by atoms with Crippen molar-refractivity contribution in [3.63, 3.8) is 0 Å². The zero-order valence-corrected chi connectivity index (χ0v) is 12.4. The third-order valence-corrected chi connectivity index (χ3v) is 5.04. The molecule has 2 heterocycles. The highest BCUT2D eigenvalue weighted by atomic mass is 15.1. The van der Waals surface area contributed by atoms with Crippen LogP contribution in [0.3, 0.4) is 0 Å². The van der Waals surface area contributed by atoms with Crippen LogP contribution in [0.1, 0.15) is 39.2 Å². The van der Waals surface area contributed by atoms with Crippen molar-refractivity contribution >= 4 is 11.4 Å². The van der Waals surface area contributed by atoms with Crippen LogP contribution in [0.5, 0.6) is 0 Å². The van der Waals surface area contributed by atoms with Crippen LogP contribution in [0.15, 0.2) is 18.2 Å². The second-order valence-electron chi connectivity index (χ2n) is 6.61. The van der Waals surface area contributed by atoms with Gasteiger partial charge in [0.2, 0.25) is 0 Å². The Morgan fingerprint density at radius 2 is 1.95 bits per heavy atom. The first-order valence-corrected chi connectivity index (χ1v) is 7.78. The average Bonchev–Trinajstić information content (AvgIpc) is 2.41. The molecule has 1 aromatic rings. The predicted molar refractivity (Wildman–Crippen MR) is 83.0 cm³/mol. The van der Waals surface area contributed by atoms with Gasteiger partial charge in [-0.3, -0.25) is 0 Å². The molecule has 1 saturated heterocycles. The molecule has 104 valence electrons. The van der Waals surface area contributed by atoms with E-state index in [0.717, 1.165) is 11.8 Å². The number of piperidine rings is 1. The standard InChI is InChI=1S/C17H26N2/c1-12-8-9-19(11-13(12)2)16-6-7-17-15(10-16)5-4-14(3)18-17/h6-7,10,12-14,18H,4-5,8-9,11H2,1-3H3. The summed E-state index contributed by atoms with van der Waals surface area (Å²) in [4.78, 5) is 2.57. The molecule has 0 bridgehead atoms. The molecular formula is C17H26N2. The summed E-state index contributed by atoms with van der Waals surface area (Å²) in [5.74, 6) is 1.68. The topological polar surface area (TPSA) is 15.3 Å². The van der Waals surface area contributed by atoms with Crippen molar-refractivity contribution in [2.75, 3.05) is 23.3 Å². The largest absolute Gasteiger partial charge is 0.382 e. The summed E-state index contributed by atoms with van der Waals surface area (Å²) in [7, 11) is 0. The molecule has 2 aliphatic rings. The molecule has 1 fully saturated rings. The zero-order valence-electron chi connectivity index (χ0n) is 12.4. The second-order valence-corrected chi connectivity index (χ2v) is 6.61. The fourth-order valence-electron chi connectivity index (χ4n) is 3.33. The van der Waals surface area contributed by atoms with Crippen molar-refractivity contribution in [1.29, 1.82) is 0 Å². The summed E-state index contributed by atoms with van der Waals surface area (Å²) < 4.78 is 0. The number of hydrogen-bond donors (Lipinski definition) is 1. The lowest BCUT2D eigenvalue weighted by atomic mass is 9.88. The maximum absolute atomic E-state index is 3.59. The van der Waals surface area contributed by atoms with E-state index in [2.05, 4.69) is 49.2 Å². The maximum atomic E-state index is 3.59. The van der Waals surface area contributed by atoms with Crippen LogP contribution >= 0.6 is 0 Å². The average molecular weight is 258 g/mol. The minimum Gasteiger partial charge on any atom is -0.382 e. The molecule has 1 aromatic carbocycles. The number of nitrogens with zero attached hydrogens (tertiary/aromatic N) is 1. The van der Waals surface area contributed by atoms with E-state index in [9.17, 15) is 0 Å². The van der Waals surface area contributed by atoms with Gasteiger partial charge < -0.3 is 10.2 Å². The van der Waals surface area contributed by atoms with E-state index in [-0.39, 0.29) is 0 Å². The molecule has 3 rings (SSSR count). The highest BCUT2D eigenvalue weighted by Gasteiger charge is 2.23. The lowest BCUT2D eigenvalue weighted by Gasteiger charge is -2.37. The lowest BCUT2D eigenvalue weighted by Crippen LogP contribution is -2.38. The van der Waals surface area contributed by atoms with Gasteiger partial charge in [0.05, 0.1) is 0 Å². The molecule has 0 aromatic heterocycles. The Morgan fingerprint density at radius 1 is 1.11 bits per heavy atom. The van der Waals surface area contributed by atoms with Crippen LogP contribution in [-0.2, 0) is 6.42 Å². The highest BCUT2D eigenvalue weighted by molar-refractivity contribution is 5.62. The van der Waals surface area contributed by atoms with Crippen molar-refractivity contribution < 1.29 is 0 Å². The number of hydrogen-bond acceptors (Lipinski definition) is 2. The summed E-state index contributed by atoms with van der Waals surface area (Å²) in [6.07, 6.45) is 3.80. The van der Waals surface area contributed by atoms with Gasteiger partial charge in [-0.25, -0.2) is 0 Å². The van der Waals surface area contributed by atoms with E-state index in [1.165, 1.54) is 49.3 Å². The molecule has 3 unspecified atom stereocenters. The van der Waals surface area contributed by atoms with E-state index < -0.39 is 0 Å². The first-order chi connectivity index (χ1) is 9.13. The monoisotopic (exact) mass is 258 g/mol. The van der Waals surface area contributed by atoms with Crippen molar-refractivity contribution in [3.05, 3.63) is 23.8 Å². The van der Waals surface area contributed by atoms with E-state index in [1.807, 2.05) is 0 Å².